The van der Waals surface area contributed by atoms with Crippen molar-refractivity contribution >= 4 is 5.95 Å². The molecule has 0 atom stereocenters. The Hall–Kier alpha value is -1.78. The van der Waals surface area contributed by atoms with Gasteiger partial charge in [0.05, 0.1) is 11.9 Å². The number of aryl methyl sites for hydroxylation is 4. The standard InChI is InChI=1S/C13H21N5/c1-10(2)15-13-16-11(3)8-18(13)6-5-12-7-14-17(4)9-12/h7-10H,5-6H2,1-4H3,(H,15,16). The van der Waals surface area contributed by atoms with Crippen LogP contribution in [0, 0.1) is 6.92 Å². The van der Waals surface area contributed by atoms with Crippen molar-refractivity contribution in [1.82, 2.24) is 19.3 Å². The van der Waals surface area contributed by atoms with E-state index in [-0.39, 0.29) is 0 Å². The summed E-state index contributed by atoms with van der Waals surface area (Å²) in [7, 11) is 1.94. The van der Waals surface area contributed by atoms with Gasteiger partial charge in [-0.05, 0) is 32.8 Å². The number of rotatable bonds is 5. The van der Waals surface area contributed by atoms with Gasteiger partial charge in [0.25, 0.3) is 0 Å². The van der Waals surface area contributed by atoms with Crippen LogP contribution in [0.15, 0.2) is 18.6 Å². The first-order valence-corrected chi connectivity index (χ1v) is 6.32. The van der Waals surface area contributed by atoms with Crippen LogP contribution in [-0.4, -0.2) is 25.4 Å². The third kappa shape index (κ3) is 3.12. The topological polar surface area (TPSA) is 47.7 Å². The summed E-state index contributed by atoms with van der Waals surface area (Å²) in [5.41, 5.74) is 2.30. The summed E-state index contributed by atoms with van der Waals surface area (Å²) in [4.78, 5) is 4.50. The minimum atomic E-state index is 0.393. The lowest BCUT2D eigenvalue weighted by molar-refractivity contribution is 0.690. The lowest BCUT2D eigenvalue weighted by atomic mass is 10.2. The van der Waals surface area contributed by atoms with Crippen LogP contribution in [0.5, 0.6) is 0 Å². The minimum Gasteiger partial charge on any atom is -0.353 e. The molecule has 0 aliphatic heterocycles. The molecule has 5 heteroatoms. The Bertz CT molecular complexity index is 509. The SMILES string of the molecule is Cc1cn(CCc2cnn(C)c2)c(NC(C)C)n1. The molecule has 0 bridgehead atoms. The van der Waals surface area contributed by atoms with Crippen molar-refractivity contribution in [2.45, 2.75) is 39.8 Å². The van der Waals surface area contributed by atoms with Gasteiger partial charge in [-0.2, -0.15) is 5.10 Å². The maximum atomic E-state index is 4.50. The summed E-state index contributed by atoms with van der Waals surface area (Å²) < 4.78 is 4.00. The highest BCUT2D eigenvalue weighted by Crippen LogP contribution is 2.11. The summed E-state index contributed by atoms with van der Waals surface area (Å²) in [6.07, 6.45) is 7.02. The van der Waals surface area contributed by atoms with E-state index >= 15 is 0 Å². The fourth-order valence-electron chi connectivity index (χ4n) is 1.94. The second-order valence-corrected chi connectivity index (χ2v) is 4.97. The number of aromatic nitrogens is 4. The van der Waals surface area contributed by atoms with E-state index in [4.69, 9.17) is 0 Å². The Morgan fingerprint density at radius 2 is 2.11 bits per heavy atom. The molecule has 0 aliphatic rings. The van der Waals surface area contributed by atoms with Crippen LogP contribution >= 0.6 is 0 Å². The van der Waals surface area contributed by atoms with Crippen LogP contribution in [0.3, 0.4) is 0 Å². The van der Waals surface area contributed by atoms with Gasteiger partial charge >= 0.3 is 0 Å². The fourth-order valence-corrected chi connectivity index (χ4v) is 1.94. The first-order valence-electron chi connectivity index (χ1n) is 6.32. The Morgan fingerprint density at radius 3 is 2.72 bits per heavy atom. The molecule has 0 unspecified atom stereocenters. The van der Waals surface area contributed by atoms with Crippen molar-refractivity contribution in [3.05, 3.63) is 29.8 Å². The van der Waals surface area contributed by atoms with Crippen LogP contribution in [-0.2, 0) is 20.0 Å². The third-order valence-corrected chi connectivity index (χ3v) is 2.71. The molecule has 2 aromatic rings. The zero-order valence-corrected chi connectivity index (χ0v) is 11.5. The van der Waals surface area contributed by atoms with E-state index < -0.39 is 0 Å². The molecule has 2 rings (SSSR count). The molecular weight excluding hydrogens is 226 g/mol. The smallest absolute Gasteiger partial charge is 0.203 e. The predicted octanol–water partition coefficient (Wildman–Crippen LogP) is 1.99. The van der Waals surface area contributed by atoms with Gasteiger partial charge in [0, 0.05) is 32.0 Å². The zero-order valence-electron chi connectivity index (χ0n) is 11.5. The second kappa shape index (κ2) is 5.25. The number of nitrogens with one attached hydrogen (secondary N) is 1. The Labute approximate surface area is 108 Å². The highest BCUT2D eigenvalue weighted by atomic mass is 15.2. The third-order valence-electron chi connectivity index (χ3n) is 2.71. The van der Waals surface area contributed by atoms with Gasteiger partial charge in [0.2, 0.25) is 5.95 Å². The van der Waals surface area contributed by atoms with Gasteiger partial charge in [-0.1, -0.05) is 0 Å². The molecule has 0 fully saturated rings. The molecule has 0 spiro atoms. The molecule has 5 nitrogen and oxygen atoms in total. The zero-order chi connectivity index (χ0) is 13.1. The van der Waals surface area contributed by atoms with Gasteiger partial charge < -0.3 is 9.88 Å². The molecule has 18 heavy (non-hydrogen) atoms. The van der Waals surface area contributed by atoms with E-state index in [1.54, 1.807) is 0 Å². The summed E-state index contributed by atoms with van der Waals surface area (Å²) in [5, 5.41) is 7.55. The van der Waals surface area contributed by atoms with Crippen molar-refractivity contribution < 1.29 is 0 Å². The molecule has 0 aromatic carbocycles. The van der Waals surface area contributed by atoms with Gasteiger partial charge in [-0.3, -0.25) is 4.68 Å². The molecule has 0 saturated carbocycles. The highest BCUT2D eigenvalue weighted by molar-refractivity contribution is 5.29. The fraction of sp³-hybridized carbons (Fsp3) is 0.538. The van der Waals surface area contributed by atoms with Crippen molar-refractivity contribution in [3.8, 4) is 0 Å². The molecule has 1 N–H and O–H groups in total. The summed E-state index contributed by atoms with van der Waals surface area (Å²) in [5.74, 6) is 0.950. The summed E-state index contributed by atoms with van der Waals surface area (Å²) in [6, 6.07) is 0.393. The number of hydrogen-bond donors (Lipinski definition) is 1. The van der Waals surface area contributed by atoms with E-state index in [1.165, 1.54) is 5.56 Å². The van der Waals surface area contributed by atoms with Crippen LogP contribution in [0.1, 0.15) is 25.1 Å². The number of anilines is 1. The van der Waals surface area contributed by atoms with E-state index in [0.717, 1.165) is 24.6 Å². The van der Waals surface area contributed by atoms with Crippen molar-refractivity contribution in [1.29, 1.82) is 0 Å². The van der Waals surface area contributed by atoms with Crippen LogP contribution < -0.4 is 5.32 Å². The average molecular weight is 247 g/mol. The lowest BCUT2D eigenvalue weighted by Crippen LogP contribution is -2.15. The van der Waals surface area contributed by atoms with Crippen LogP contribution in [0.4, 0.5) is 5.95 Å². The van der Waals surface area contributed by atoms with E-state index in [0.29, 0.717) is 6.04 Å². The Kier molecular flexibility index (Phi) is 3.69. The molecule has 0 aliphatic carbocycles. The van der Waals surface area contributed by atoms with E-state index in [1.807, 2.05) is 24.9 Å². The average Bonchev–Trinajstić information content (AvgIpc) is 2.82. The first-order chi connectivity index (χ1) is 8.54. The molecule has 2 heterocycles. The predicted molar refractivity (Wildman–Crippen MR) is 72.6 cm³/mol. The maximum absolute atomic E-state index is 4.50. The van der Waals surface area contributed by atoms with Crippen molar-refractivity contribution in [2.24, 2.45) is 7.05 Å². The quantitative estimate of drug-likeness (QED) is 0.879. The minimum absolute atomic E-state index is 0.393. The Balaban J connectivity index is 2.04. The number of nitrogens with zero attached hydrogens (tertiary/aromatic N) is 4. The van der Waals surface area contributed by atoms with Gasteiger partial charge in [-0.25, -0.2) is 4.98 Å². The normalized spacial score (nSPS) is 11.2. The molecule has 98 valence electrons. The lowest BCUT2D eigenvalue weighted by Gasteiger charge is -2.11. The van der Waals surface area contributed by atoms with Crippen molar-refractivity contribution in [3.63, 3.8) is 0 Å². The van der Waals surface area contributed by atoms with E-state index in [9.17, 15) is 0 Å². The highest BCUT2D eigenvalue weighted by Gasteiger charge is 2.07. The molecular formula is C13H21N5. The first kappa shape index (κ1) is 12.7. The van der Waals surface area contributed by atoms with E-state index in [2.05, 4.69) is 46.2 Å². The molecule has 0 saturated heterocycles. The largest absolute Gasteiger partial charge is 0.353 e. The summed E-state index contributed by atoms with van der Waals surface area (Å²) in [6.45, 7) is 7.18. The number of hydrogen-bond acceptors (Lipinski definition) is 3. The number of imidazole rings is 1. The second-order valence-electron chi connectivity index (χ2n) is 4.97. The van der Waals surface area contributed by atoms with Crippen LogP contribution in [0.25, 0.3) is 0 Å². The van der Waals surface area contributed by atoms with Crippen molar-refractivity contribution in [2.75, 3.05) is 5.32 Å². The van der Waals surface area contributed by atoms with Gasteiger partial charge in [0.1, 0.15) is 0 Å². The molecule has 2 aromatic heterocycles. The van der Waals surface area contributed by atoms with Gasteiger partial charge in [-0.15, -0.1) is 0 Å². The maximum Gasteiger partial charge on any atom is 0.203 e. The van der Waals surface area contributed by atoms with Gasteiger partial charge in [0.15, 0.2) is 0 Å². The monoisotopic (exact) mass is 247 g/mol. The summed E-state index contributed by atoms with van der Waals surface area (Å²) >= 11 is 0. The van der Waals surface area contributed by atoms with Crippen LogP contribution in [0.2, 0.25) is 0 Å². The molecule has 0 radical (unpaired) electrons. The Morgan fingerprint density at radius 1 is 1.33 bits per heavy atom. The molecule has 0 amide bonds.